The molecule has 2 aromatic carbocycles. The number of aryl methyl sites for hydroxylation is 1. The van der Waals surface area contributed by atoms with E-state index in [1.165, 1.54) is 26.9 Å². The van der Waals surface area contributed by atoms with E-state index in [4.69, 9.17) is 0 Å². The minimum Gasteiger partial charge on any atom is -0.332 e. The van der Waals surface area contributed by atoms with Gasteiger partial charge in [-0.05, 0) is 34.9 Å². The summed E-state index contributed by atoms with van der Waals surface area (Å²) in [5.74, 6) is 0. The fourth-order valence-corrected chi connectivity index (χ4v) is 3.73. The molecule has 146 valence electrons. The average molecular weight is 377 g/mol. The normalized spacial score (nSPS) is 14.5. The number of carbonyl (C=O) groups excluding carboxylic acids is 1. The Kier molecular flexibility index (Phi) is 5.30. The summed E-state index contributed by atoms with van der Waals surface area (Å²) in [5.41, 5.74) is 3.47. The molecule has 1 aliphatic rings. The topological polar surface area (TPSA) is 53.4 Å². The van der Waals surface area contributed by atoms with Crippen LogP contribution in [-0.2, 0) is 26.2 Å². The number of nitrogens with one attached hydrogen (secondary N) is 1. The molecule has 1 aliphatic heterocycles. The van der Waals surface area contributed by atoms with Crippen molar-refractivity contribution in [3.05, 3.63) is 65.5 Å². The number of amides is 2. The maximum absolute atomic E-state index is 11.7. The van der Waals surface area contributed by atoms with E-state index in [1.54, 1.807) is 14.1 Å². The molecule has 0 saturated carbocycles. The van der Waals surface area contributed by atoms with Crippen molar-refractivity contribution in [3.8, 4) is 0 Å². The van der Waals surface area contributed by atoms with E-state index < -0.39 is 0 Å². The van der Waals surface area contributed by atoms with Crippen LogP contribution in [0.25, 0.3) is 10.8 Å². The second-order valence-corrected chi connectivity index (χ2v) is 7.65. The van der Waals surface area contributed by atoms with Gasteiger partial charge in [0.05, 0.1) is 17.9 Å². The second-order valence-electron chi connectivity index (χ2n) is 7.65. The minimum atomic E-state index is -0.0962. The molecule has 6 heteroatoms. The van der Waals surface area contributed by atoms with Crippen LogP contribution in [0.4, 0.5) is 4.79 Å². The number of urea groups is 1. The maximum Gasteiger partial charge on any atom is 0.317 e. The van der Waals surface area contributed by atoms with Gasteiger partial charge in [0.2, 0.25) is 0 Å². The van der Waals surface area contributed by atoms with Gasteiger partial charge in [-0.1, -0.05) is 36.4 Å². The lowest BCUT2D eigenvalue weighted by atomic mass is 10.1. The van der Waals surface area contributed by atoms with E-state index in [1.807, 2.05) is 0 Å². The second kappa shape index (κ2) is 8.02. The van der Waals surface area contributed by atoms with Crippen molar-refractivity contribution in [2.75, 3.05) is 20.6 Å². The molecule has 2 heterocycles. The van der Waals surface area contributed by atoms with Crippen LogP contribution < -0.4 is 5.32 Å². The third-order valence-electron chi connectivity index (χ3n) is 5.19. The van der Waals surface area contributed by atoms with Gasteiger partial charge < -0.3 is 10.2 Å². The zero-order valence-electron chi connectivity index (χ0n) is 16.6. The van der Waals surface area contributed by atoms with Gasteiger partial charge in [-0.2, -0.15) is 5.10 Å². The van der Waals surface area contributed by atoms with E-state index >= 15 is 0 Å². The summed E-state index contributed by atoms with van der Waals surface area (Å²) in [6.07, 6.45) is 1.08. The first-order chi connectivity index (χ1) is 13.6. The van der Waals surface area contributed by atoms with Crippen LogP contribution in [0.1, 0.15) is 23.4 Å². The van der Waals surface area contributed by atoms with Crippen molar-refractivity contribution in [1.29, 1.82) is 0 Å². The fourth-order valence-electron chi connectivity index (χ4n) is 3.73. The third-order valence-corrected chi connectivity index (χ3v) is 5.19. The first-order valence-electron chi connectivity index (χ1n) is 9.79. The maximum atomic E-state index is 11.7. The summed E-state index contributed by atoms with van der Waals surface area (Å²) >= 11 is 0. The molecular formula is C22H27N5O. The molecule has 0 radical (unpaired) electrons. The van der Waals surface area contributed by atoms with Crippen molar-refractivity contribution in [1.82, 2.24) is 24.9 Å². The quantitative estimate of drug-likeness (QED) is 0.760. The molecule has 0 spiro atoms. The van der Waals surface area contributed by atoms with Crippen LogP contribution in [0.3, 0.4) is 0 Å². The smallest absolute Gasteiger partial charge is 0.317 e. The summed E-state index contributed by atoms with van der Waals surface area (Å²) in [7, 11) is 3.48. The molecule has 4 rings (SSSR count). The Hall–Kier alpha value is -2.86. The number of hydrogen-bond acceptors (Lipinski definition) is 3. The van der Waals surface area contributed by atoms with Gasteiger partial charge in [-0.3, -0.25) is 9.58 Å². The fraction of sp³-hybridized carbons (Fsp3) is 0.364. The lowest BCUT2D eigenvalue weighted by molar-refractivity contribution is 0.217. The predicted molar refractivity (Wildman–Crippen MR) is 111 cm³/mol. The molecule has 0 bridgehead atoms. The van der Waals surface area contributed by atoms with Gasteiger partial charge >= 0.3 is 6.03 Å². The van der Waals surface area contributed by atoms with Gasteiger partial charge in [0, 0.05) is 40.3 Å². The largest absolute Gasteiger partial charge is 0.332 e. The summed E-state index contributed by atoms with van der Waals surface area (Å²) in [6.45, 7) is 4.25. The van der Waals surface area contributed by atoms with Crippen LogP contribution in [0.15, 0.2) is 48.5 Å². The summed E-state index contributed by atoms with van der Waals surface area (Å²) < 4.78 is 2.09. The molecule has 0 atom stereocenters. The molecule has 1 N–H and O–H groups in total. The first-order valence-corrected chi connectivity index (χ1v) is 9.79. The van der Waals surface area contributed by atoms with Crippen LogP contribution in [0.5, 0.6) is 0 Å². The minimum absolute atomic E-state index is 0.0962. The van der Waals surface area contributed by atoms with Crippen LogP contribution in [0, 0.1) is 0 Å². The average Bonchev–Trinajstić information content (AvgIpc) is 2.97. The lowest BCUT2D eigenvalue weighted by Gasteiger charge is -2.19. The Morgan fingerprint density at radius 2 is 1.93 bits per heavy atom. The number of nitrogens with zero attached hydrogens (tertiary/aromatic N) is 4. The predicted octanol–water partition coefficient (Wildman–Crippen LogP) is 3.21. The summed E-state index contributed by atoms with van der Waals surface area (Å²) in [6, 6.07) is 17.2. The van der Waals surface area contributed by atoms with Gasteiger partial charge in [-0.15, -0.1) is 0 Å². The van der Waals surface area contributed by atoms with E-state index in [9.17, 15) is 4.79 Å². The van der Waals surface area contributed by atoms with Crippen LogP contribution in [-0.4, -0.2) is 46.3 Å². The van der Waals surface area contributed by atoms with Gasteiger partial charge in [-0.25, -0.2) is 4.79 Å². The number of benzene rings is 2. The molecule has 1 aromatic heterocycles. The van der Waals surface area contributed by atoms with Crippen molar-refractivity contribution in [3.63, 3.8) is 0 Å². The van der Waals surface area contributed by atoms with Gasteiger partial charge in [0.1, 0.15) is 0 Å². The lowest BCUT2D eigenvalue weighted by Crippen LogP contribution is -2.34. The Balaban J connectivity index is 1.44. The highest BCUT2D eigenvalue weighted by atomic mass is 16.2. The Morgan fingerprint density at radius 3 is 2.75 bits per heavy atom. The Morgan fingerprint density at radius 1 is 1.11 bits per heavy atom. The standard InChI is InChI=1S/C22H27N5O/c1-25(2)22(28)23-14-20-13-21-16-26(10-5-11-27(21)24-20)15-17-8-9-18-6-3-4-7-19(18)12-17/h3-4,6-9,12-13H,5,10-11,14-16H2,1-2H3,(H,23,28). The van der Waals surface area contributed by atoms with Crippen molar-refractivity contribution in [2.24, 2.45) is 0 Å². The van der Waals surface area contributed by atoms with E-state index in [2.05, 4.69) is 68.5 Å². The van der Waals surface area contributed by atoms with Crippen LogP contribution >= 0.6 is 0 Å². The number of aromatic nitrogens is 2. The SMILES string of the molecule is CN(C)C(=O)NCc1cc2n(n1)CCCN(Cc1ccc3ccccc3c1)C2. The van der Waals surface area contributed by atoms with E-state index in [-0.39, 0.29) is 6.03 Å². The zero-order valence-corrected chi connectivity index (χ0v) is 16.6. The molecule has 3 aromatic rings. The van der Waals surface area contributed by atoms with Crippen LogP contribution in [0.2, 0.25) is 0 Å². The monoisotopic (exact) mass is 377 g/mol. The van der Waals surface area contributed by atoms with Crippen molar-refractivity contribution >= 4 is 16.8 Å². The number of fused-ring (bicyclic) bond motifs is 2. The van der Waals surface area contributed by atoms with E-state index in [0.717, 1.165) is 38.3 Å². The highest BCUT2D eigenvalue weighted by Crippen LogP contribution is 2.20. The Labute approximate surface area is 165 Å². The van der Waals surface area contributed by atoms with Gasteiger partial charge in [0.15, 0.2) is 0 Å². The number of rotatable bonds is 4. The van der Waals surface area contributed by atoms with Crippen molar-refractivity contribution < 1.29 is 4.79 Å². The van der Waals surface area contributed by atoms with E-state index in [0.29, 0.717) is 6.54 Å². The Bertz CT molecular complexity index is 978. The molecule has 2 amide bonds. The van der Waals surface area contributed by atoms with Gasteiger partial charge in [0.25, 0.3) is 0 Å². The zero-order chi connectivity index (χ0) is 19.5. The summed E-state index contributed by atoms with van der Waals surface area (Å²) in [5, 5.41) is 10.1. The highest BCUT2D eigenvalue weighted by molar-refractivity contribution is 5.82. The molecule has 0 aliphatic carbocycles. The highest BCUT2D eigenvalue weighted by Gasteiger charge is 2.17. The third kappa shape index (κ3) is 4.17. The first kappa shape index (κ1) is 18.5. The number of hydrogen-bond donors (Lipinski definition) is 1. The van der Waals surface area contributed by atoms with Crippen molar-refractivity contribution in [2.45, 2.75) is 32.6 Å². The molecule has 6 nitrogen and oxygen atoms in total. The molecule has 0 saturated heterocycles. The summed E-state index contributed by atoms with van der Waals surface area (Å²) in [4.78, 5) is 15.7. The molecule has 0 fully saturated rings. The molecule has 28 heavy (non-hydrogen) atoms. The molecule has 0 unspecified atom stereocenters. The molecular weight excluding hydrogens is 350 g/mol. The number of carbonyl (C=O) groups is 1.